The van der Waals surface area contributed by atoms with E-state index in [9.17, 15) is 0 Å². The smallest absolute Gasteiger partial charge is 0.163 e. The fourth-order valence-electron chi connectivity index (χ4n) is 2.44. The van der Waals surface area contributed by atoms with Crippen molar-refractivity contribution in [2.75, 3.05) is 18.5 Å². The number of anilines is 2. The van der Waals surface area contributed by atoms with E-state index in [0.717, 1.165) is 39.7 Å². The topological polar surface area (TPSA) is 72.1 Å². The van der Waals surface area contributed by atoms with Crippen LogP contribution in [-0.4, -0.2) is 28.2 Å². The van der Waals surface area contributed by atoms with E-state index in [-0.39, 0.29) is 0 Å². The summed E-state index contributed by atoms with van der Waals surface area (Å²) in [7, 11) is 0. The normalized spacial score (nSPS) is 10.7. The van der Waals surface area contributed by atoms with Crippen LogP contribution < -0.4 is 14.8 Å². The van der Waals surface area contributed by atoms with Gasteiger partial charge in [-0.1, -0.05) is 0 Å². The Bertz CT molecular complexity index is 813. The molecule has 0 aliphatic rings. The first-order valence-corrected chi connectivity index (χ1v) is 7.68. The van der Waals surface area contributed by atoms with Crippen molar-refractivity contribution >= 4 is 22.5 Å². The van der Waals surface area contributed by atoms with Gasteiger partial charge in [0.25, 0.3) is 0 Å². The van der Waals surface area contributed by atoms with Crippen molar-refractivity contribution in [2.24, 2.45) is 0 Å². The zero-order chi connectivity index (χ0) is 16.2. The number of hydrogen-bond donors (Lipinski definition) is 2. The van der Waals surface area contributed by atoms with Gasteiger partial charge in [-0.05, 0) is 39.0 Å². The Kier molecular flexibility index (Phi) is 4.32. The van der Waals surface area contributed by atoms with Crippen LogP contribution in [0.1, 0.15) is 19.5 Å². The van der Waals surface area contributed by atoms with Crippen LogP contribution in [0, 0.1) is 6.92 Å². The van der Waals surface area contributed by atoms with Gasteiger partial charge >= 0.3 is 0 Å². The molecule has 0 bridgehead atoms. The Morgan fingerprint density at radius 3 is 2.61 bits per heavy atom. The van der Waals surface area contributed by atoms with Crippen molar-refractivity contribution in [3.63, 3.8) is 0 Å². The van der Waals surface area contributed by atoms with Gasteiger partial charge < -0.3 is 19.8 Å². The van der Waals surface area contributed by atoms with Gasteiger partial charge in [0.2, 0.25) is 0 Å². The van der Waals surface area contributed by atoms with Crippen LogP contribution in [0.3, 0.4) is 0 Å². The van der Waals surface area contributed by atoms with Gasteiger partial charge in [-0.2, -0.15) is 0 Å². The SMILES string of the molecule is CCOc1ccc(Nc2ncnc3[nH]c(C)cc23)cc1OCC. The third-order valence-corrected chi connectivity index (χ3v) is 3.37. The number of aryl methyl sites for hydroxylation is 1. The maximum atomic E-state index is 5.66. The highest BCUT2D eigenvalue weighted by molar-refractivity contribution is 5.89. The quantitative estimate of drug-likeness (QED) is 0.724. The summed E-state index contributed by atoms with van der Waals surface area (Å²) in [5, 5.41) is 4.28. The summed E-state index contributed by atoms with van der Waals surface area (Å²) in [6, 6.07) is 7.79. The molecule has 0 atom stereocenters. The number of aromatic amines is 1. The molecule has 2 N–H and O–H groups in total. The summed E-state index contributed by atoms with van der Waals surface area (Å²) in [5.41, 5.74) is 2.75. The number of rotatable bonds is 6. The number of benzene rings is 1. The van der Waals surface area contributed by atoms with Crippen molar-refractivity contribution in [2.45, 2.75) is 20.8 Å². The van der Waals surface area contributed by atoms with Crippen molar-refractivity contribution in [3.8, 4) is 11.5 Å². The number of nitrogens with zero attached hydrogens (tertiary/aromatic N) is 2. The van der Waals surface area contributed by atoms with E-state index < -0.39 is 0 Å². The second kappa shape index (κ2) is 6.56. The zero-order valence-electron chi connectivity index (χ0n) is 13.5. The van der Waals surface area contributed by atoms with Crippen LogP contribution in [0.4, 0.5) is 11.5 Å². The summed E-state index contributed by atoms with van der Waals surface area (Å²) in [5.74, 6) is 2.21. The molecule has 0 fully saturated rings. The maximum absolute atomic E-state index is 5.66. The molecule has 2 aromatic heterocycles. The van der Waals surface area contributed by atoms with E-state index in [2.05, 4.69) is 20.3 Å². The van der Waals surface area contributed by atoms with E-state index in [1.165, 1.54) is 0 Å². The minimum atomic E-state index is 0.582. The summed E-state index contributed by atoms with van der Waals surface area (Å²) in [6.45, 7) is 7.08. The second-order valence-electron chi connectivity index (χ2n) is 5.09. The molecule has 0 amide bonds. The first kappa shape index (κ1) is 15.1. The van der Waals surface area contributed by atoms with E-state index in [4.69, 9.17) is 9.47 Å². The van der Waals surface area contributed by atoms with Crippen LogP contribution in [0.25, 0.3) is 11.0 Å². The number of ether oxygens (including phenoxy) is 2. The Balaban J connectivity index is 1.93. The average Bonchev–Trinajstić information content (AvgIpc) is 2.92. The molecule has 0 saturated carbocycles. The van der Waals surface area contributed by atoms with E-state index in [1.54, 1.807) is 6.33 Å². The van der Waals surface area contributed by atoms with E-state index >= 15 is 0 Å². The molecule has 0 saturated heterocycles. The summed E-state index contributed by atoms with van der Waals surface area (Å²) >= 11 is 0. The molecule has 0 spiro atoms. The van der Waals surface area contributed by atoms with Crippen LogP contribution in [0.5, 0.6) is 11.5 Å². The second-order valence-corrected chi connectivity index (χ2v) is 5.09. The Hall–Kier alpha value is -2.76. The standard InChI is InChI=1S/C17H20N4O2/c1-4-22-14-7-6-12(9-15(14)23-5-2)21-17-13-8-11(3)20-16(13)18-10-19-17/h6-10H,4-5H2,1-3H3,(H2,18,19,20,21). The first-order valence-electron chi connectivity index (χ1n) is 7.68. The van der Waals surface area contributed by atoms with Gasteiger partial charge in [0.05, 0.1) is 18.6 Å². The molecule has 3 aromatic rings. The van der Waals surface area contributed by atoms with E-state index in [1.807, 2.05) is 45.0 Å². The molecular weight excluding hydrogens is 292 g/mol. The Morgan fingerprint density at radius 2 is 1.83 bits per heavy atom. The Morgan fingerprint density at radius 1 is 1.04 bits per heavy atom. The van der Waals surface area contributed by atoms with Gasteiger partial charge in [0.1, 0.15) is 17.8 Å². The fraction of sp³-hybridized carbons (Fsp3) is 0.294. The summed E-state index contributed by atoms with van der Waals surface area (Å²) < 4.78 is 11.2. The molecule has 120 valence electrons. The lowest BCUT2D eigenvalue weighted by Gasteiger charge is -2.13. The maximum Gasteiger partial charge on any atom is 0.163 e. The zero-order valence-corrected chi connectivity index (χ0v) is 13.5. The summed E-state index contributed by atoms with van der Waals surface area (Å²) in [6.07, 6.45) is 1.54. The average molecular weight is 312 g/mol. The van der Waals surface area contributed by atoms with Crippen LogP contribution in [0.2, 0.25) is 0 Å². The molecule has 6 heteroatoms. The number of aromatic nitrogens is 3. The molecule has 1 aromatic carbocycles. The Labute approximate surface area is 134 Å². The molecule has 0 unspecified atom stereocenters. The van der Waals surface area contributed by atoms with Crippen molar-refractivity contribution in [1.82, 2.24) is 15.0 Å². The molecule has 2 heterocycles. The number of nitrogens with one attached hydrogen (secondary N) is 2. The number of fused-ring (bicyclic) bond motifs is 1. The van der Waals surface area contributed by atoms with Gasteiger partial charge in [-0.3, -0.25) is 0 Å². The largest absolute Gasteiger partial charge is 0.490 e. The highest BCUT2D eigenvalue weighted by Gasteiger charge is 2.10. The highest BCUT2D eigenvalue weighted by atomic mass is 16.5. The minimum Gasteiger partial charge on any atom is -0.490 e. The predicted octanol–water partition coefficient (Wildman–Crippen LogP) is 3.81. The molecule has 0 aliphatic carbocycles. The van der Waals surface area contributed by atoms with Crippen molar-refractivity contribution < 1.29 is 9.47 Å². The third-order valence-electron chi connectivity index (χ3n) is 3.37. The number of hydrogen-bond acceptors (Lipinski definition) is 5. The van der Waals surface area contributed by atoms with Gasteiger partial charge in [-0.15, -0.1) is 0 Å². The monoisotopic (exact) mass is 312 g/mol. The lowest BCUT2D eigenvalue weighted by atomic mass is 10.2. The highest BCUT2D eigenvalue weighted by Crippen LogP contribution is 2.32. The molecular formula is C17H20N4O2. The van der Waals surface area contributed by atoms with Crippen LogP contribution in [-0.2, 0) is 0 Å². The van der Waals surface area contributed by atoms with Crippen LogP contribution in [0.15, 0.2) is 30.6 Å². The molecule has 6 nitrogen and oxygen atoms in total. The molecule has 0 radical (unpaired) electrons. The van der Waals surface area contributed by atoms with Gasteiger partial charge in [-0.25, -0.2) is 9.97 Å². The lowest BCUT2D eigenvalue weighted by Crippen LogP contribution is -2.00. The van der Waals surface area contributed by atoms with Gasteiger partial charge in [0.15, 0.2) is 11.5 Å². The third kappa shape index (κ3) is 3.21. The molecule has 3 rings (SSSR count). The molecule has 23 heavy (non-hydrogen) atoms. The van der Waals surface area contributed by atoms with Gasteiger partial charge in [0, 0.05) is 17.4 Å². The van der Waals surface area contributed by atoms with Crippen molar-refractivity contribution in [1.29, 1.82) is 0 Å². The van der Waals surface area contributed by atoms with Crippen LogP contribution >= 0.6 is 0 Å². The predicted molar refractivity (Wildman–Crippen MR) is 90.7 cm³/mol. The minimum absolute atomic E-state index is 0.582. The van der Waals surface area contributed by atoms with E-state index in [0.29, 0.717) is 13.2 Å². The summed E-state index contributed by atoms with van der Waals surface area (Å²) in [4.78, 5) is 11.8. The number of H-pyrrole nitrogens is 1. The lowest BCUT2D eigenvalue weighted by molar-refractivity contribution is 0.288. The van der Waals surface area contributed by atoms with Crippen molar-refractivity contribution in [3.05, 3.63) is 36.3 Å². The fourth-order valence-corrected chi connectivity index (χ4v) is 2.44. The molecule has 0 aliphatic heterocycles. The first-order chi connectivity index (χ1) is 11.2.